The van der Waals surface area contributed by atoms with E-state index in [1.54, 1.807) is 37.1 Å². The summed E-state index contributed by atoms with van der Waals surface area (Å²) >= 11 is 0. The van der Waals surface area contributed by atoms with E-state index < -0.39 is 0 Å². The minimum atomic E-state index is 0.0557. The van der Waals surface area contributed by atoms with Crippen LogP contribution in [0.5, 0.6) is 0 Å². The highest BCUT2D eigenvalue weighted by Gasteiger charge is 2.45. The summed E-state index contributed by atoms with van der Waals surface area (Å²) in [7, 11) is 2.08. The lowest BCUT2D eigenvalue weighted by Crippen LogP contribution is -2.39. The Morgan fingerprint density at radius 3 is 2.83 bits per heavy atom. The zero-order valence-corrected chi connectivity index (χ0v) is 13.6. The van der Waals surface area contributed by atoms with Crippen LogP contribution in [-0.2, 0) is 0 Å². The molecular formula is C17H20N6O. The molecule has 1 aliphatic carbocycles. The van der Waals surface area contributed by atoms with Crippen molar-refractivity contribution < 1.29 is 4.79 Å². The molecule has 24 heavy (non-hydrogen) atoms. The van der Waals surface area contributed by atoms with Crippen molar-refractivity contribution in [3.63, 3.8) is 0 Å². The highest BCUT2D eigenvalue weighted by Crippen LogP contribution is 2.41. The molecule has 0 radical (unpaired) electrons. The van der Waals surface area contributed by atoms with Crippen LogP contribution in [0.15, 0.2) is 37.1 Å². The summed E-state index contributed by atoms with van der Waals surface area (Å²) in [4.78, 5) is 25.4. The number of nitrogens with zero attached hydrogens (tertiary/aromatic N) is 6. The van der Waals surface area contributed by atoms with Gasteiger partial charge in [0.25, 0.3) is 5.91 Å². The predicted octanol–water partition coefficient (Wildman–Crippen LogP) is 1.25. The Labute approximate surface area is 140 Å². The second-order valence-corrected chi connectivity index (χ2v) is 6.58. The molecule has 0 spiro atoms. The van der Waals surface area contributed by atoms with Gasteiger partial charge in [0.05, 0.1) is 24.2 Å². The fourth-order valence-electron chi connectivity index (χ4n) is 4.13. The minimum Gasteiger partial charge on any atom is -0.355 e. The zero-order chi connectivity index (χ0) is 16.5. The molecule has 0 bridgehead atoms. The van der Waals surface area contributed by atoms with Crippen molar-refractivity contribution in [1.29, 1.82) is 0 Å². The molecule has 124 valence electrons. The molecule has 1 amide bonds. The Morgan fingerprint density at radius 2 is 2.08 bits per heavy atom. The molecule has 0 N–H and O–H groups in total. The number of amides is 1. The molecule has 2 aliphatic rings. The summed E-state index contributed by atoms with van der Waals surface area (Å²) in [6, 6.07) is 2.13. The standard InChI is InChI=1S/C17H20N6O/c1-22(16-9-18-6-7-19-16)15-3-2-13-10-23(11-14(13)15)17(24)12-4-5-20-21-8-12/h4-9,13-15H,2-3,10-11H2,1H3/t13-,14+,15-/m1/s1. The highest BCUT2D eigenvalue weighted by molar-refractivity contribution is 5.94. The Balaban J connectivity index is 1.48. The molecule has 1 saturated carbocycles. The molecule has 4 rings (SSSR count). The molecule has 1 saturated heterocycles. The number of fused-ring (bicyclic) bond motifs is 1. The summed E-state index contributed by atoms with van der Waals surface area (Å²) < 4.78 is 0. The van der Waals surface area contributed by atoms with Crippen molar-refractivity contribution in [3.05, 3.63) is 42.6 Å². The minimum absolute atomic E-state index is 0.0557. The Kier molecular flexibility index (Phi) is 3.84. The third kappa shape index (κ3) is 2.60. The maximum atomic E-state index is 12.6. The van der Waals surface area contributed by atoms with E-state index in [9.17, 15) is 4.79 Å². The highest BCUT2D eigenvalue weighted by atomic mass is 16.2. The van der Waals surface area contributed by atoms with Gasteiger partial charge >= 0.3 is 0 Å². The molecule has 2 aromatic rings. The van der Waals surface area contributed by atoms with Crippen molar-refractivity contribution in [2.75, 3.05) is 25.0 Å². The van der Waals surface area contributed by atoms with E-state index in [-0.39, 0.29) is 5.91 Å². The number of carbonyl (C=O) groups is 1. The zero-order valence-electron chi connectivity index (χ0n) is 13.6. The van der Waals surface area contributed by atoms with E-state index in [4.69, 9.17) is 0 Å². The van der Waals surface area contributed by atoms with Crippen LogP contribution in [0.4, 0.5) is 5.82 Å². The van der Waals surface area contributed by atoms with Crippen molar-refractivity contribution >= 4 is 11.7 Å². The van der Waals surface area contributed by atoms with Crippen molar-refractivity contribution in [2.24, 2.45) is 11.8 Å². The van der Waals surface area contributed by atoms with E-state index in [2.05, 4.69) is 32.1 Å². The fourth-order valence-corrected chi connectivity index (χ4v) is 4.13. The van der Waals surface area contributed by atoms with E-state index >= 15 is 0 Å². The smallest absolute Gasteiger partial charge is 0.255 e. The Bertz CT molecular complexity index is 710. The van der Waals surface area contributed by atoms with Gasteiger partial charge in [-0.3, -0.25) is 9.78 Å². The Morgan fingerprint density at radius 1 is 1.17 bits per heavy atom. The van der Waals surface area contributed by atoms with Crippen LogP contribution in [-0.4, -0.2) is 57.2 Å². The molecule has 3 atom stereocenters. The van der Waals surface area contributed by atoms with Gasteiger partial charge in [-0.05, 0) is 24.8 Å². The van der Waals surface area contributed by atoms with Crippen LogP contribution < -0.4 is 4.90 Å². The number of hydrogen-bond donors (Lipinski definition) is 0. The number of rotatable bonds is 3. The number of likely N-dealkylation sites (tertiary alicyclic amines) is 1. The first-order chi connectivity index (χ1) is 11.7. The van der Waals surface area contributed by atoms with Gasteiger partial charge in [-0.1, -0.05) is 0 Å². The summed E-state index contributed by atoms with van der Waals surface area (Å²) in [5.74, 6) is 2.00. The lowest BCUT2D eigenvalue weighted by Gasteiger charge is -2.30. The van der Waals surface area contributed by atoms with Crippen LogP contribution in [0, 0.1) is 11.8 Å². The predicted molar refractivity (Wildman–Crippen MR) is 88.4 cm³/mol. The molecular weight excluding hydrogens is 304 g/mol. The topological polar surface area (TPSA) is 75.1 Å². The molecule has 0 aromatic carbocycles. The number of anilines is 1. The van der Waals surface area contributed by atoms with Gasteiger partial charge in [0, 0.05) is 44.5 Å². The third-order valence-electron chi connectivity index (χ3n) is 5.35. The third-order valence-corrected chi connectivity index (χ3v) is 5.35. The van der Waals surface area contributed by atoms with Crippen molar-refractivity contribution in [2.45, 2.75) is 18.9 Å². The first-order valence-corrected chi connectivity index (χ1v) is 8.29. The summed E-state index contributed by atoms with van der Waals surface area (Å²) in [6.07, 6.45) is 10.6. The lowest BCUT2D eigenvalue weighted by atomic mass is 9.97. The van der Waals surface area contributed by atoms with E-state index in [0.717, 1.165) is 31.7 Å². The first kappa shape index (κ1) is 15.0. The molecule has 7 nitrogen and oxygen atoms in total. The van der Waals surface area contributed by atoms with Gasteiger partial charge in [0.2, 0.25) is 0 Å². The van der Waals surface area contributed by atoms with Gasteiger partial charge in [-0.15, -0.1) is 0 Å². The van der Waals surface area contributed by atoms with Crippen LogP contribution in [0.1, 0.15) is 23.2 Å². The normalized spacial score (nSPS) is 25.5. The summed E-state index contributed by atoms with van der Waals surface area (Å²) in [6.45, 7) is 1.62. The quantitative estimate of drug-likeness (QED) is 0.846. The molecule has 0 unspecified atom stereocenters. The second-order valence-electron chi connectivity index (χ2n) is 6.58. The maximum absolute atomic E-state index is 12.6. The Hall–Kier alpha value is -2.57. The van der Waals surface area contributed by atoms with E-state index in [1.807, 2.05) is 4.90 Å². The average Bonchev–Trinajstić information content (AvgIpc) is 3.22. The molecule has 7 heteroatoms. The summed E-state index contributed by atoms with van der Waals surface area (Å²) in [5, 5.41) is 7.55. The second kappa shape index (κ2) is 6.14. The number of carbonyl (C=O) groups excluding carboxylic acids is 1. The first-order valence-electron chi connectivity index (χ1n) is 8.29. The summed E-state index contributed by atoms with van der Waals surface area (Å²) in [5.41, 5.74) is 0.615. The van der Waals surface area contributed by atoms with Gasteiger partial charge in [0.1, 0.15) is 5.82 Å². The lowest BCUT2D eigenvalue weighted by molar-refractivity contribution is 0.0778. The molecule has 3 heterocycles. The number of hydrogen-bond acceptors (Lipinski definition) is 6. The van der Waals surface area contributed by atoms with Gasteiger partial charge < -0.3 is 9.80 Å². The van der Waals surface area contributed by atoms with Gasteiger partial charge in [0.15, 0.2) is 0 Å². The molecule has 1 aliphatic heterocycles. The monoisotopic (exact) mass is 324 g/mol. The van der Waals surface area contributed by atoms with E-state index in [0.29, 0.717) is 23.4 Å². The van der Waals surface area contributed by atoms with Crippen LogP contribution in [0.25, 0.3) is 0 Å². The largest absolute Gasteiger partial charge is 0.355 e. The maximum Gasteiger partial charge on any atom is 0.255 e. The van der Waals surface area contributed by atoms with Crippen molar-refractivity contribution in [3.8, 4) is 0 Å². The molecule has 2 fully saturated rings. The SMILES string of the molecule is CN(c1cnccn1)[C@@H]1CC[C@@H]2CN(C(=O)c3ccnnc3)C[C@@H]21. The number of aromatic nitrogens is 4. The average molecular weight is 324 g/mol. The van der Waals surface area contributed by atoms with Crippen LogP contribution in [0.3, 0.4) is 0 Å². The van der Waals surface area contributed by atoms with Crippen LogP contribution in [0.2, 0.25) is 0 Å². The fraction of sp³-hybridized carbons (Fsp3) is 0.471. The van der Waals surface area contributed by atoms with Gasteiger partial charge in [-0.2, -0.15) is 10.2 Å². The van der Waals surface area contributed by atoms with Crippen molar-refractivity contribution in [1.82, 2.24) is 25.1 Å². The molecule has 2 aromatic heterocycles. The van der Waals surface area contributed by atoms with E-state index in [1.165, 1.54) is 0 Å². The van der Waals surface area contributed by atoms with Gasteiger partial charge in [-0.25, -0.2) is 4.98 Å². The van der Waals surface area contributed by atoms with Crippen LogP contribution >= 0.6 is 0 Å².